The van der Waals surface area contributed by atoms with Crippen LogP contribution in [0, 0.1) is 0 Å². The zero-order valence-electron chi connectivity index (χ0n) is 11.4. The highest BCUT2D eigenvalue weighted by atomic mass is 16.4. The van der Waals surface area contributed by atoms with Gasteiger partial charge in [-0.1, -0.05) is 36.4 Å². The number of nitrogens with zero attached hydrogens (tertiary/aromatic N) is 1. The van der Waals surface area contributed by atoms with E-state index in [0.29, 0.717) is 22.2 Å². The standard InChI is InChI=1S/C17H11NO4/c19-16(20)12-7-2-1-5-10(12)15-9-13(17(21)22)11-6-3-4-8-14(11)18-15/h1-9H,(H,19,20)(H,21,22). The van der Waals surface area contributed by atoms with E-state index in [1.807, 2.05) is 0 Å². The van der Waals surface area contributed by atoms with E-state index >= 15 is 0 Å². The molecule has 0 aliphatic heterocycles. The third kappa shape index (κ3) is 2.29. The lowest BCUT2D eigenvalue weighted by atomic mass is 10.0. The van der Waals surface area contributed by atoms with Gasteiger partial charge in [-0.2, -0.15) is 0 Å². The lowest BCUT2D eigenvalue weighted by molar-refractivity contribution is 0.0688. The lowest BCUT2D eigenvalue weighted by Crippen LogP contribution is -2.03. The fourth-order valence-corrected chi connectivity index (χ4v) is 2.38. The molecule has 22 heavy (non-hydrogen) atoms. The molecule has 5 heteroatoms. The van der Waals surface area contributed by atoms with E-state index in [9.17, 15) is 19.8 Å². The number of benzene rings is 2. The molecule has 0 fully saturated rings. The van der Waals surface area contributed by atoms with E-state index in [1.165, 1.54) is 12.1 Å². The van der Waals surface area contributed by atoms with Gasteiger partial charge in [0, 0.05) is 10.9 Å². The number of carbonyl (C=O) groups is 2. The van der Waals surface area contributed by atoms with Crippen molar-refractivity contribution in [2.24, 2.45) is 0 Å². The fourth-order valence-electron chi connectivity index (χ4n) is 2.38. The first-order valence-electron chi connectivity index (χ1n) is 6.53. The average molecular weight is 293 g/mol. The molecule has 0 aliphatic rings. The van der Waals surface area contributed by atoms with Crippen LogP contribution in [0.4, 0.5) is 0 Å². The van der Waals surface area contributed by atoms with Gasteiger partial charge in [0.05, 0.1) is 22.3 Å². The number of carboxylic acids is 2. The van der Waals surface area contributed by atoms with Gasteiger partial charge in [0.25, 0.3) is 0 Å². The van der Waals surface area contributed by atoms with Crippen molar-refractivity contribution in [3.05, 3.63) is 65.7 Å². The second kappa shape index (κ2) is 5.29. The summed E-state index contributed by atoms with van der Waals surface area (Å²) in [5.41, 5.74) is 1.41. The van der Waals surface area contributed by atoms with Crippen LogP contribution in [0.3, 0.4) is 0 Å². The molecule has 3 aromatic rings. The Hall–Kier alpha value is -3.21. The summed E-state index contributed by atoms with van der Waals surface area (Å²) in [6.07, 6.45) is 0. The molecule has 0 radical (unpaired) electrons. The van der Waals surface area contributed by atoms with Crippen LogP contribution >= 0.6 is 0 Å². The molecular weight excluding hydrogens is 282 g/mol. The normalized spacial score (nSPS) is 10.5. The fraction of sp³-hybridized carbons (Fsp3) is 0. The average Bonchev–Trinajstić information content (AvgIpc) is 2.53. The van der Waals surface area contributed by atoms with Crippen LogP contribution in [0.1, 0.15) is 20.7 Å². The van der Waals surface area contributed by atoms with Crippen LogP contribution in [-0.4, -0.2) is 27.1 Å². The summed E-state index contributed by atoms with van der Waals surface area (Å²) in [5.74, 6) is -2.16. The van der Waals surface area contributed by atoms with Gasteiger partial charge < -0.3 is 10.2 Å². The molecule has 0 spiro atoms. The van der Waals surface area contributed by atoms with Gasteiger partial charge in [-0.15, -0.1) is 0 Å². The maximum Gasteiger partial charge on any atom is 0.336 e. The minimum atomic E-state index is -1.08. The quantitative estimate of drug-likeness (QED) is 0.773. The molecule has 2 N–H and O–H groups in total. The molecule has 0 unspecified atom stereocenters. The number of rotatable bonds is 3. The molecule has 1 heterocycles. The van der Waals surface area contributed by atoms with Crippen molar-refractivity contribution >= 4 is 22.8 Å². The molecule has 108 valence electrons. The molecule has 0 saturated carbocycles. The summed E-state index contributed by atoms with van der Waals surface area (Å²) in [7, 11) is 0. The second-order valence-corrected chi connectivity index (χ2v) is 4.73. The summed E-state index contributed by atoms with van der Waals surface area (Å²) in [4.78, 5) is 27.2. The van der Waals surface area contributed by atoms with Crippen LogP contribution in [0.15, 0.2) is 54.6 Å². The molecule has 0 atom stereocenters. The van der Waals surface area contributed by atoms with Crippen molar-refractivity contribution in [2.45, 2.75) is 0 Å². The number of aromatic nitrogens is 1. The Morgan fingerprint density at radius 3 is 2.18 bits per heavy atom. The van der Waals surface area contributed by atoms with Gasteiger partial charge in [-0.25, -0.2) is 14.6 Å². The SMILES string of the molecule is O=C(O)c1ccccc1-c1cc(C(=O)O)c2ccccc2n1. The van der Waals surface area contributed by atoms with Gasteiger partial charge in [-0.05, 0) is 18.2 Å². The van der Waals surface area contributed by atoms with Crippen molar-refractivity contribution in [1.82, 2.24) is 4.98 Å². The van der Waals surface area contributed by atoms with Crippen LogP contribution in [0.5, 0.6) is 0 Å². The molecule has 0 aliphatic carbocycles. The molecule has 0 saturated heterocycles. The predicted octanol–water partition coefficient (Wildman–Crippen LogP) is 3.30. The summed E-state index contributed by atoms with van der Waals surface area (Å²) < 4.78 is 0. The summed E-state index contributed by atoms with van der Waals surface area (Å²) in [6.45, 7) is 0. The Labute approximate surface area is 125 Å². The third-order valence-corrected chi connectivity index (χ3v) is 3.38. The van der Waals surface area contributed by atoms with Crippen molar-refractivity contribution in [3.63, 3.8) is 0 Å². The third-order valence-electron chi connectivity index (χ3n) is 3.38. The van der Waals surface area contributed by atoms with E-state index in [2.05, 4.69) is 4.98 Å². The number of para-hydroxylation sites is 1. The van der Waals surface area contributed by atoms with Gasteiger partial charge in [0.2, 0.25) is 0 Å². The highest BCUT2D eigenvalue weighted by Gasteiger charge is 2.16. The molecule has 2 aromatic carbocycles. The topological polar surface area (TPSA) is 87.5 Å². The Morgan fingerprint density at radius 2 is 1.45 bits per heavy atom. The first-order chi connectivity index (χ1) is 10.6. The Bertz CT molecular complexity index is 902. The number of pyridine rings is 1. The molecule has 0 bridgehead atoms. The Kier molecular flexibility index (Phi) is 3.31. The first-order valence-corrected chi connectivity index (χ1v) is 6.53. The van der Waals surface area contributed by atoms with E-state index in [4.69, 9.17) is 0 Å². The zero-order chi connectivity index (χ0) is 15.7. The lowest BCUT2D eigenvalue weighted by Gasteiger charge is -2.09. The summed E-state index contributed by atoms with van der Waals surface area (Å²) in [5, 5.41) is 19.2. The van der Waals surface area contributed by atoms with Crippen molar-refractivity contribution in [1.29, 1.82) is 0 Å². The van der Waals surface area contributed by atoms with Crippen molar-refractivity contribution in [2.75, 3.05) is 0 Å². The Morgan fingerprint density at radius 1 is 0.818 bits per heavy atom. The minimum absolute atomic E-state index is 0.0848. The largest absolute Gasteiger partial charge is 0.478 e. The smallest absolute Gasteiger partial charge is 0.336 e. The van der Waals surface area contributed by atoms with E-state index in [1.54, 1.807) is 42.5 Å². The maximum absolute atomic E-state index is 11.5. The van der Waals surface area contributed by atoms with Gasteiger partial charge in [0.1, 0.15) is 0 Å². The summed E-state index contributed by atoms with van der Waals surface area (Å²) >= 11 is 0. The van der Waals surface area contributed by atoms with Crippen LogP contribution in [-0.2, 0) is 0 Å². The highest BCUT2D eigenvalue weighted by molar-refractivity contribution is 6.04. The Balaban J connectivity index is 2.33. The number of hydrogen-bond acceptors (Lipinski definition) is 3. The molecular formula is C17H11NO4. The molecule has 1 aromatic heterocycles. The van der Waals surface area contributed by atoms with E-state index < -0.39 is 11.9 Å². The van der Waals surface area contributed by atoms with Crippen LogP contribution in [0.2, 0.25) is 0 Å². The molecule has 5 nitrogen and oxygen atoms in total. The number of fused-ring (bicyclic) bond motifs is 1. The van der Waals surface area contributed by atoms with Gasteiger partial charge >= 0.3 is 11.9 Å². The van der Waals surface area contributed by atoms with E-state index in [-0.39, 0.29) is 11.1 Å². The number of aromatic carboxylic acids is 2. The van der Waals surface area contributed by atoms with Crippen molar-refractivity contribution < 1.29 is 19.8 Å². The predicted molar refractivity (Wildman–Crippen MR) is 81.1 cm³/mol. The van der Waals surface area contributed by atoms with Crippen LogP contribution < -0.4 is 0 Å². The molecule has 0 amide bonds. The minimum Gasteiger partial charge on any atom is -0.478 e. The second-order valence-electron chi connectivity index (χ2n) is 4.73. The van der Waals surface area contributed by atoms with Gasteiger partial charge in [-0.3, -0.25) is 0 Å². The maximum atomic E-state index is 11.5. The number of hydrogen-bond donors (Lipinski definition) is 2. The van der Waals surface area contributed by atoms with Crippen LogP contribution in [0.25, 0.3) is 22.2 Å². The number of carboxylic acid groups (broad SMARTS) is 2. The molecule has 3 rings (SSSR count). The van der Waals surface area contributed by atoms with Crippen molar-refractivity contribution in [3.8, 4) is 11.3 Å². The highest BCUT2D eigenvalue weighted by Crippen LogP contribution is 2.27. The summed E-state index contributed by atoms with van der Waals surface area (Å²) in [6, 6.07) is 14.7. The monoisotopic (exact) mass is 293 g/mol. The first kappa shape index (κ1) is 13.8. The zero-order valence-corrected chi connectivity index (χ0v) is 11.4. The van der Waals surface area contributed by atoms with Gasteiger partial charge in [0.15, 0.2) is 0 Å². The van der Waals surface area contributed by atoms with E-state index in [0.717, 1.165) is 0 Å².